The van der Waals surface area contributed by atoms with Gasteiger partial charge in [0.05, 0.1) is 16.8 Å². The van der Waals surface area contributed by atoms with E-state index in [0.29, 0.717) is 0 Å². The predicted molar refractivity (Wildman–Crippen MR) is 370 cm³/mol. The molecule has 2 aliphatic carbocycles. The first-order valence-electron chi connectivity index (χ1n) is 30.6. The Bertz CT molecular complexity index is 5490. The zero-order valence-corrected chi connectivity index (χ0v) is 48.2. The first-order valence-corrected chi connectivity index (χ1v) is 30.6. The van der Waals surface area contributed by atoms with Gasteiger partial charge in [-0.1, -0.05) is 243 Å². The number of nitrogens with zero attached hydrogens (tertiary/aromatic N) is 2. The number of para-hydroxylation sites is 4. The Balaban J connectivity index is 0.851. The molecule has 4 nitrogen and oxygen atoms in total. The summed E-state index contributed by atoms with van der Waals surface area (Å²) < 4.78 is 13.7. The first kappa shape index (κ1) is 49.5. The Hall–Kier alpha value is -11.7. The van der Waals surface area contributed by atoms with Gasteiger partial charge in [-0.25, -0.2) is 0 Å². The van der Waals surface area contributed by atoms with Crippen molar-refractivity contribution in [3.05, 3.63) is 338 Å². The third kappa shape index (κ3) is 7.23. The van der Waals surface area contributed by atoms with Gasteiger partial charge in [0.1, 0.15) is 11.2 Å². The topological polar surface area (TPSA) is 32.8 Å². The van der Waals surface area contributed by atoms with Crippen LogP contribution in [0.25, 0.3) is 121 Å². The first-order chi connectivity index (χ1) is 44.1. The van der Waals surface area contributed by atoms with Crippen molar-refractivity contribution < 1.29 is 8.83 Å². The minimum Gasteiger partial charge on any atom is -0.454 e. The van der Waals surface area contributed by atoms with Gasteiger partial charge >= 0.3 is 0 Å². The zero-order chi connectivity index (χ0) is 58.3. The second-order valence-electron chi connectivity index (χ2n) is 23.8. The van der Waals surface area contributed by atoms with Gasteiger partial charge in [-0.15, -0.1) is 0 Å². The lowest BCUT2D eigenvalue weighted by Crippen LogP contribution is -2.26. The summed E-state index contributed by atoms with van der Waals surface area (Å²) in [6, 6.07) is 116. The molecule has 2 aromatic heterocycles. The SMILES string of the molecule is c1ccc(-c2cccc(N(c3ccc4c5c(ccc4c3)-c3ccc4cc(N(c6cccc(-c7ccccc7)c6)c6cccc7c6oc6ccccc67)ccc4c3C53c4ccccc4-c4c3ccc3ccccc43)c3cccc4c3oc3ccccc34)c2)cc1. The molecule has 89 heavy (non-hydrogen) atoms. The van der Waals surface area contributed by atoms with Gasteiger partial charge in [0, 0.05) is 44.3 Å². The number of furan rings is 2. The summed E-state index contributed by atoms with van der Waals surface area (Å²) in [5, 5.41) is 11.6. The molecule has 0 fully saturated rings. The van der Waals surface area contributed by atoms with E-state index in [-0.39, 0.29) is 0 Å². The summed E-state index contributed by atoms with van der Waals surface area (Å²) in [5.74, 6) is 0. The van der Waals surface area contributed by atoms with Crippen molar-refractivity contribution in [3.63, 3.8) is 0 Å². The maximum atomic E-state index is 6.87. The molecule has 0 N–H and O–H groups in total. The molecule has 0 unspecified atom stereocenters. The van der Waals surface area contributed by atoms with Crippen LogP contribution >= 0.6 is 0 Å². The van der Waals surface area contributed by atoms with Crippen LogP contribution < -0.4 is 9.80 Å². The molecule has 0 amide bonds. The van der Waals surface area contributed by atoms with Crippen molar-refractivity contribution in [2.24, 2.45) is 0 Å². The maximum Gasteiger partial charge on any atom is 0.159 e. The van der Waals surface area contributed by atoms with Gasteiger partial charge in [0.2, 0.25) is 0 Å². The normalized spacial score (nSPS) is 12.8. The lowest BCUT2D eigenvalue weighted by Gasteiger charge is -2.33. The molecule has 2 aliphatic rings. The van der Waals surface area contributed by atoms with Crippen LogP contribution in [0.15, 0.2) is 324 Å². The maximum absolute atomic E-state index is 6.87. The molecule has 19 rings (SSSR count). The second kappa shape index (κ2) is 19.1. The van der Waals surface area contributed by atoms with E-state index in [9.17, 15) is 0 Å². The molecule has 0 atom stereocenters. The highest BCUT2D eigenvalue weighted by molar-refractivity contribution is 6.15. The molecule has 1 spiro atoms. The molecule has 0 saturated carbocycles. The van der Waals surface area contributed by atoms with Crippen LogP contribution in [0, 0.1) is 0 Å². The van der Waals surface area contributed by atoms with E-state index in [1.165, 1.54) is 66.1 Å². The van der Waals surface area contributed by atoms with Gasteiger partial charge in [-0.05, 0) is 172 Å². The molecule has 4 heteroatoms. The van der Waals surface area contributed by atoms with Crippen molar-refractivity contribution in [3.8, 4) is 44.5 Å². The Morgan fingerprint density at radius 2 is 0.685 bits per heavy atom. The van der Waals surface area contributed by atoms with Crippen LogP contribution in [0.3, 0.4) is 0 Å². The molecule has 0 aliphatic heterocycles. The average molecular weight is 1130 g/mol. The largest absolute Gasteiger partial charge is 0.454 e. The molecular weight excluding hydrogens is 1080 g/mol. The van der Waals surface area contributed by atoms with E-state index >= 15 is 0 Å². The molecule has 15 aromatic carbocycles. The number of fused-ring (bicyclic) bond motifs is 22. The van der Waals surface area contributed by atoms with Gasteiger partial charge in [0.15, 0.2) is 11.2 Å². The van der Waals surface area contributed by atoms with E-state index in [1.54, 1.807) is 0 Å². The highest BCUT2D eigenvalue weighted by Crippen LogP contribution is 2.66. The van der Waals surface area contributed by atoms with Crippen LogP contribution in [0.1, 0.15) is 22.3 Å². The van der Waals surface area contributed by atoms with E-state index < -0.39 is 5.41 Å². The molecule has 0 saturated heterocycles. The fourth-order valence-corrected chi connectivity index (χ4v) is 15.5. The average Bonchev–Trinajstić information content (AvgIpc) is 1.50. The Labute approximate surface area is 513 Å². The molecular formula is C85H52N2O2. The summed E-state index contributed by atoms with van der Waals surface area (Å²) in [5.41, 5.74) is 23.7. The number of rotatable bonds is 8. The van der Waals surface area contributed by atoms with Crippen molar-refractivity contribution in [2.75, 3.05) is 9.80 Å². The monoisotopic (exact) mass is 1130 g/mol. The minimum atomic E-state index is -0.699. The lowest BCUT2D eigenvalue weighted by atomic mass is 9.68. The summed E-state index contributed by atoms with van der Waals surface area (Å²) in [6.07, 6.45) is 0. The molecule has 17 aromatic rings. The Kier molecular flexibility index (Phi) is 10.7. The molecule has 2 heterocycles. The van der Waals surface area contributed by atoms with Crippen molar-refractivity contribution in [1.82, 2.24) is 0 Å². The highest BCUT2D eigenvalue weighted by Gasteiger charge is 2.53. The fraction of sp³-hybridized carbons (Fsp3) is 0.0118. The molecule has 0 radical (unpaired) electrons. The fourth-order valence-electron chi connectivity index (χ4n) is 15.5. The summed E-state index contributed by atoms with van der Waals surface area (Å²) in [4.78, 5) is 4.78. The van der Waals surface area contributed by atoms with Gasteiger partial charge in [-0.3, -0.25) is 0 Å². The Morgan fingerprint density at radius 1 is 0.247 bits per heavy atom. The van der Waals surface area contributed by atoms with Crippen LogP contribution in [0.5, 0.6) is 0 Å². The predicted octanol–water partition coefficient (Wildman–Crippen LogP) is 23.6. The summed E-state index contributed by atoms with van der Waals surface area (Å²) >= 11 is 0. The van der Waals surface area contributed by atoms with E-state index in [4.69, 9.17) is 8.83 Å². The smallest absolute Gasteiger partial charge is 0.159 e. The number of hydrogen-bond acceptors (Lipinski definition) is 4. The van der Waals surface area contributed by atoms with Gasteiger partial charge in [0.25, 0.3) is 0 Å². The lowest BCUT2D eigenvalue weighted by molar-refractivity contribution is 0.668. The van der Waals surface area contributed by atoms with Crippen molar-refractivity contribution >= 4 is 110 Å². The van der Waals surface area contributed by atoms with Crippen LogP contribution in [-0.2, 0) is 5.41 Å². The minimum absolute atomic E-state index is 0.699. The third-order valence-corrected chi connectivity index (χ3v) is 19.2. The number of hydrogen-bond donors (Lipinski definition) is 0. The van der Waals surface area contributed by atoms with E-state index in [1.807, 2.05) is 12.1 Å². The summed E-state index contributed by atoms with van der Waals surface area (Å²) in [7, 11) is 0. The third-order valence-electron chi connectivity index (χ3n) is 19.2. The number of benzene rings is 15. The second-order valence-corrected chi connectivity index (χ2v) is 23.8. The van der Waals surface area contributed by atoms with Gasteiger partial charge in [-0.2, -0.15) is 0 Å². The van der Waals surface area contributed by atoms with Crippen molar-refractivity contribution in [1.29, 1.82) is 0 Å². The number of anilines is 6. The molecule has 414 valence electrons. The van der Waals surface area contributed by atoms with Crippen LogP contribution in [-0.4, -0.2) is 0 Å². The van der Waals surface area contributed by atoms with Crippen LogP contribution in [0.4, 0.5) is 34.1 Å². The quantitative estimate of drug-likeness (QED) is 0.152. The highest BCUT2D eigenvalue weighted by atomic mass is 16.3. The zero-order valence-electron chi connectivity index (χ0n) is 48.2. The van der Waals surface area contributed by atoms with Gasteiger partial charge < -0.3 is 18.6 Å². The molecule has 0 bridgehead atoms. The van der Waals surface area contributed by atoms with E-state index in [0.717, 1.165) is 111 Å². The Morgan fingerprint density at radius 3 is 1.25 bits per heavy atom. The van der Waals surface area contributed by atoms with Crippen LogP contribution in [0.2, 0.25) is 0 Å². The van der Waals surface area contributed by atoms with E-state index in [2.05, 4.69) is 313 Å². The summed E-state index contributed by atoms with van der Waals surface area (Å²) in [6.45, 7) is 0. The van der Waals surface area contributed by atoms with Crippen molar-refractivity contribution in [2.45, 2.75) is 5.41 Å². The standard InChI is InChI=1S/C85H52N2O2/c1-3-19-53(20-4-1)56-24-15-26-60(49-56)86(76-35-17-32-71-67-29-10-13-37-78(67)88-83(71)76)62-42-46-65-58(51-62)39-44-69-70-45-40-59-52-63(43-47-66(59)82(70)85(81(65)69)74-34-12-9-31-73(74)80-64-28-8-7-23-55(64)41-48-75(80)85)87(61-27-16-25-57(50-61)54-21-5-2-6-22-54)77-36-18-33-72-68-30-11-14-38-79(68)89-84(72)77/h1-52H.